The molecule has 1 aliphatic heterocycles. The number of pyridine rings is 1. The van der Waals surface area contributed by atoms with Crippen LogP contribution in [0.25, 0.3) is 10.9 Å². The van der Waals surface area contributed by atoms with Crippen LogP contribution in [0.1, 0.15) is 28.9 Å². The van der Waals surface area contributed by atoms with E-state index in [4.69, 9.17) is 27.9 Å². The van der Waals surface area contributed by atoms with Crippen molar-refractivity contribution < 1.29 is 17.9 Å². The molecule has 1 aromatic heterocycles. The van der Waals surface area contributed by atoms with Gasteiger partial charge in [0, 0.05) is 24.2 Å². The molecule has 0 radical (unpaired) electrons. The highest BCUT2D eigenvalue weighted by Gasteiger charge is 2.27. The zero-order valence-corrected chi connectivity index (χ0v) is 18.4. The molecular formula is C21H18Cl2N2O4S. The molecule has 0 N–H and O–H groups in total. The van der Waals surface area contributed by atoms with Crippen LogP contribution in [0.5, 0.6) is 5.75 Å². The Morgan fingerprint density at radius 1 is 1.03 bits per heavy atom. The smallest absolute Gasteiger partial charge is 0.343 e. The van der Waals surface area contributed by atoms with Crippen molar-refractivity contribution in [3.8, 4) is 5.75 Å². The van der Waals surface area contributed by atoms with Crippen LogP contribution in [0.15, 0.2) is 47.4 Å². The van der Waals surface area contributed by atoms with Crippen LogP contribution in [0.3, 0.4) is 0 Å². The van der Waals surface area contributed by atoms with Gasteiger partial charge in [0.15, 0.2) is 5.75 Å². The van der Waals surface area contributed by atoms with E-state index in [2.05, 4.69) is 4.98 Å². The normalized spacial score (nSPS) is 14.9. The Morgan fingerprint density at radius 2 is 1.70 bits per heavy atom. The Labute approximate surface area is 184 Å². The third-order valence-corrected chi connectivity index (χ3v) is 7.47. The van der Waals surface area contributed by atoms with Crippen molar-refractivity contribution in [3.63, 3.8) is 0 Å². The molecule has 2 aromatic carbocycles. The molecule has 0 spiro atoms. The van der Waals surface area contributed by atoms with Gasteiger partial charge in [-0.3, -0.25) is 0 Å². The van der Waals surface area contributed by atoms with Crippen molar-refractivity contribution in [2.75, 3.05) is 13.1 Å². The number of ether oxygens (including phenoxy) is 1. The summed E-state index contributed by atoms with van der Waals surface area (Å²) in [4.78, 5) is 17.2. The van der Waals surface area contributed by atoms with Gasteiger partial charge in [0.1, 0.15) is 5.52 Å². The molecule has 0 saturated carbocycles. The SMILES string of the molecule is Cc1ccc2c(Cl)cc(Cl)c(OC(=O)c3ccc(S(=O)(=O)N4CCCC4)cc3)c2n1. The monoisotopic (exact) mass is 464 g/mol. The third-order valence-electron chi connectivity index (χ3n) is 4.96. The molecule has 0 atom stereocenters. The molecule has 1 aliphatic rings. The van der Waals surface area contributed by atoms with E-state index in [9.17, 15) is 13.2 Å². The molecule has 1 saturated heterocycles. The van der Waals surface area contributed by atoms with Crippen molar-refractivity contribution in [1.82, 2.24) is 9.29 Å². The first-order valence-electron chi connectivity index (χ1n) is 9.35. The fourth-order valence-electron chi connectivity index (χ4n) is 3.38. The molecule has 1 fully saturated rings. The quantitative estimate of drug-likeness (QED) is 0.407. The number of carbonyl (C=O) groups excluding carboxylic acids is 1. The molecule has 30 heavy (non-hydrogen) atoms. The Morgan fingerprint density at radius 3 is 2.37 bits per heavy atom. The Kier molecular flexibility index (Phi) is 5.72. The highest BCUT2D eigenvalue weighted by molar-refractivity contribution is 7.89. The predicted molar refractivity (Wildman–Crippen MR) is 116 cm³/mol. The van der Waals surface area contributed by atoms with Gasteiger partial charge in [-0.15, -0.1) is 0 Å². The summed E-state index contributed by atoms with van der Waals surface area (Å²) in [5, 5.41) is 1.17. The Balaban J connectivity index is 1.63. The fourth-order valence-corrected chi connectivity index (χ4v) is 5.45. The van der Waals surface area contributed by atoms with Crippen molar-refractivity contribution >= 4 is 50.1 Å². The van der Waals surface area contributed by atoms with Gasteiger partial charge in [-0.2, -0.15) is 4.31 Å². The lowest BCUT2D eigenvalue weighted by Crippen LogP contribution is -2.27. The van der Waals surface area contributed by atoms with Crippen LogP contribution in [0, 0.1) is 6.92 Å². The van der Waals surface area contributed by atoms with Gasteiger partial charge in [-0.1, -0.05) is 23.2 Å². The largest absolute Gasteiger partial charge is 0.419 e. The first kappa shape index (κ1) is 21.1. The zero-order valence-electron chi connectivity index (χ0n) is 16.1. The van der Waals surface area contributed by atoms with E-state index < -0.39 is 16.0 Å². The minimum atomic E-state index is -3.55. The highest BCUT2D eigenvalue weighted by atomic mass is 35.5. The fraction of sp³-hybridized carbons (Fsp3) is 0.238. The molecule has 156 valence electrons. The molecular weight excluding hydrogens is 447 g/mol. The Bertz CT molecular complexity index is 1240. The van der Waals surface area contributed by atoms with Gasteiger partial charge < -0.3 is 4.74 Å². The van der Waals surface area contributed by atoms with Crippen LogP contribution < -0.4 is 4.74 Å². The van der Waals surface area contributed by atoms with Crippen molar-refractivity contribution in [1.29, 1.82) is 0 Å². The van der Waals surface area contributed by atoms with E-state index in [1.54, 1.807) is 19.1 Å². The maximum absolute atomic E-state index is 12.7. The number of hydrogen-bond acceptors (Lipinski definition) is 5. The molecule has 9 heteroatoms. The van der Waals surface area contributed by atoms with Gasteiger partial charge in [0.2, 0.25) is 10.0 Å². The standard InChI is InChI=1S/C21H18Cl2N2O4S/c1-13-4-9-16-17(22)12-18(23)20(19(16)24-13)29-21(26)14-5-7-15(8-6-14)30(27,28)25-10-2-3-11-25/h4-9,12H,2-3,10-11H2,1H3. The van der Waals surface area contributed by atoms with E-state index in [1.807, 2.05) is 0 Å². The molecule has 4 rings (SSSR count). The maximum atomic E-state index is 12.7. The van der Waals surface area contributed by atoms with Crippen molar-refractivity contribution in [2.45, 2.75) is 24.7 Å². The average molecular weight is 465 g/mol. The van der Waals surface area contributed by atoms with Crippen molar-refractivity contribution in [3.05, 3.63) is 63.8 Å². The summed E-state index contributed by atoms with van der Waals surface area (Å²) in [6.07, 6.45) is 1.71. The number of hydrogen-bond donors (Lipinski definition) is 0. The van der Waals surface area contributed by atoms with Crippen LogP contribution >= 0.6 is 23.2 Å². The number of nitrogens with zero attached hydrogens (tertiary/aromatic N) is 2. The van der Waals surface area contributed by atoms with E-state index in [-0.39, 0.29) is 21.2 Å². The molecule has 6 nitrogen and oxygen atoms in total. The molecule has 0 aliphatic carbocycles. The number of rotatable bonds is 4. The lowest BCUT2D eigenvalue weighted by molar-refractivity contribution is 0.0736. The second-order valence-electron chi connectivity index (χ2n) is 7.04. The number of aromatic nitrogens is 1. The predicted octanol–water partition coefficient (Wildman–Crippen LogP) is 4.85. The summed E-state index contributed by atoms with van der Waals surface area (Å²) in [7, 11) is -3.55. The molecule has 0 bridgehead atoms. The number of esters is 1. The summed E-state index contributed by atoms with van der Waals surface area (Å²) in [5.74, 6) is -0.563. The van der Waals surface area contributed by atoms with Crippen molar-refractivity contribution in [2.24, 2.45) is 0 Å². The van der Waals surface area contributed by atoms with Crippen LogP contribution in [0.2, 0.25) is 10.0 Å². The average Bonchev–Trinajstić information content (AvgIpc) is 3.26. The molecule has 0 amide bonds. The van der Waals surface area contributed by atoms with E-state index in [1.165, 1.54) is 34.6 Å². The lowest BCUT2D eigenvalue weighted by Gasteiger charge is -2.15. The van der Waals surface area contributed by atoms with E-state index in [0.717, 1.165) is 18.5 Å². The minimum Gasteiger partial charge on any atom is -0.419 e. The topological polar surface area (TPSA) is 76.6 Å². The second kappa shape index (κ2) is 8.15. The number of fused-ring (bicyclic) bond motifs is 1. The summed E-state index contributed by atoms with van der Waals surface area (Å²) in [6, 6.07) is 10.8. The first-order valence-corrected chi connectivity index (χ1v) is 11.5. The van der Waals surface area contributed by atoms with Gasteiger partial charge in [0.05, 0.1) is 20.5 Å². The molecule has 3 aromatic rings. The molecule has 2 heterocycles. The number of benzene rings is 2. The summed E-state index contributed by atoms with van der Waals surface area (Å²) < 4.78 is 32.2. The van der Waals surface area contributed by atoms with Gasteiger partial charge >= 0.3 is 5.97 Å². The van der Waals surface area contributed by atoms with Crippen LogP contribution in [-0.2, 0) is 10.0 Å². The van der Waals surface area contributed by atoms with Gasteiger partial charge in [-0.05, 0) is 62.2 Å². The first-order chi connectivity index (χ1) is 14.3. The zero-order chi connectivity index (χ0) is 21.5. The number of sulfonamides is 1. The maximum Gasteiger partial charge on any atom is 0.343 e. The molecule has 0 unspecified atom stereocenters. The Hall–Kier alpha value is -2.19. The minimum absolute atomic E-state index is 0.110. The van der Waals surface area contributed by atoms with Crippen LogP contribution in [-0.4, -0.2) is 36.8 Å². The lowest BCUT2D eigenvalue weighted by atomic mass is 10.2. The van der Waals surface area contributed by atoms with E-state index in [0.29, 0.717) is 29.0 Å². The number of carbonyl (C=O) groups is 1. The summed E-state index contributed by atoms with van der Waals surface area (Å²) in [6.45, 7) is 2.83. The van der Waals surface area contributed by atoms with E-state index >= 15 is 0 Å². The number of aryl methyl sites for hydroxylation is 1. The van der Waals surface area contributed by atoms with Gasteiger partial charge in [-0.25, -0.2) is 18.2 Å². The highest BCUT2D eigenvalue weighted by Crippen LogP contribution is 2.37. The summed E-state index contributed by atoms with van der Waals surface area (Å²) in [5.41, 5.74) is 1.30. The van der Waals surface area contributed by atoms with Crippen LogP contribution in [0.4, 0.5) is 0 Å². The number of halogens is 2. The second-order valence-corrected chi connectivity index (χ2v) is 9.80. The summed E-state index contributed by atoms with van der Waals surface area (Å²) >= 11 is 12.5. The third kappa shape index (κ3) is 3.90. The van der Waals surface area contributed by atoms with Gasteiger partial charge in [0.25, 0.3) is 0 Å².